The lowest BCUT2D eigenvalue weighted by Crippen LogP contribution is -2.54. The summed E-state index contributed by atoms with van der Waals surface area (Å²) < 4.78 is 34.8. The first kappa shape index (κ1) is 30.7. The molecule has 3 rings (SSSR count). The van der Waals surface area contributed by atoms with Gasteiger partial charge in [0, 0.05) is 12.6 Å². The third kappa shape index (κ3) is 7.85. The Morgan fingerprint density at radius 2 is 1.48 bits per heavy atom. The van der Waals surface area contributed by atoms with Gasteiger partial charge < -0.3 is 15.0 Å². The van der Waals surface area contributed by atoms with Crippen LogP contribution in [0.15, 0.2) is 89.8 Å². The van der Waals surface area contributed by atoms with Crippen LogP contribution in [0.4, 0.5) is 5.69 Å². The molecule has 0 fully saturated rings. The van der Waals surface area contributed by atoms with Gasteiger partial charge in [-0.1, -0.05) is 67.6 Å². The minimum Gasteiger partial charge on any atom is -0.492 e. The average molecular weight is 566 g/mol. The monoisotopic (exact) mass is 565 g/mol. The molecule has 0 saturated heterocycles. The zero-order valence-corrected chi connectivity index (χ0v) is 24.4. The van der Waals surface area contributed by atoms with Crippen LogP contribution < -0.4 is 14.4 Å². The minimum absolute atomic E-state index is 0.0505. The van der Waals surface area contributed by atoms with Gasteiger partial charge in [-0.3, -0.25) is 13.9 Å². The summed E-state index contributed by atoms with van der Waals surface area (Å²) in [5, 5.41) is 2.91. The number of anilines is 1. The second kappa shape index (κ2) is 14.5. The summed E-state index contributed by atoms with van der Waals surface area (Å²) in [5.74, 6) is -0.406. The number of carbonyl (C=O) groups excluding carboxylic acids is 2. The highest BCUT2D eigenvalue weighted by molar-refractivity contribution is 7.92. The number of amides is 2. The fourth-order valence-corrected chi connectivity index (χ4v) is 5.90. The van der Waals surface area contributed by atoms with Crippen LogP contribution in [0.1, 0.15) is 39.7 Å². The van der Waals surface area contributed by atoms with Gasteiger partial charge in [0.2, 0.25) is 11.8 Å². The van der Waals surface area contributed by atoms with Crippen molar-refractivity contribution >= 4 is 27.5 Å². The number of nitrogens with zero attached hydrogens (tertiary/aromatic N) is 2. The molecular weight excluding hydrogens is 526 g/mol. The van der Waals surface area contributed by atoms with Crippen LogP contribution in [0.3, 0.4) is 0 Å². The number of benzene rings is 3. The standard InChI is InChI=1S/C31H39N3O5S/c1-5-27(31(36)32-24(3)4)33(22-21-25-15-9-7-10-16-25)30(35)23-34(28-19-13-14-20-29(28)39-6-2)40(37,38)26-17-11-8-12-18-26/h7-20,24,27H,5-6,21-23H2,1-4H3,(H,32,36)/t27-/m0/s1. The lowest BCUT2D eigenvalue weighted by molar-refractivity contribution is -0.139. The second-order valence-electron chi connectivity index (χ2n) is 9.64. The fraction of sp³-hybridized carbons (Fsp3) is 0.355. The summed E-state index contributed by atoms with van der Waals surface area (Å²) in [4.78, 5) is 28.8. The Morgan fingerprint density at radius 3 is 2.08 bits per heavy atom. The number of rotatable bonds is 14. The first-order valence-corrected chi connectivity index (χ1v) is 15.1. The van der Waals surface area contributed by atoms with Gasteiger partial charge in [0.05, 0.1) is 17.2 Å². The van der Waals surface area contributed by atoms with Crippen molar-refractivity contribution in [1.82, 2.24) is 10.2 Å². The summed E-state index contributed by atoms with van der Waals surface area (Å²) >= 11 is 0. The second-order valence-corrected chi connectivity index (χ2v) is 11.5. The molecule has 0 radical (unpaired) electrons. The number of nitrogens with one attached hydrogen (secondary N) is 1. The summed E-state index contributed by atoms with van der Waals surface area (Å²) in [6.45, 7) is 7.44. The molecule has 2 amide bonds. The molecule has 0 heterocycles. The van der Waals surface area contributed by atoms with E-state index in [1.54, 1.807) is 42.5 Å². The summed E-state index contributed by atoms with van der Waals surface area (Å²) in [6.07, 6.45) is 0.888. The van der Waals surface area contributed by atoms with E-state index in [9.17, 15) is 18.0 Å². The maximum Gasteiger partial charge on any atom is 0.264 e. The molecule has 9 heteroatoms. The van der Waals surface area contributed by atoms with E-state index in [-0.39, 0.29) is 29.1 Å². The molecule has 3 aromatic rings. The Balaban J connectivity index is 2.05. The van der Waals surface area contributed by atoms with Crippen molar-refractivity contribution in [3.63, 3.8) is 0 Å². The molecule has 0 aliphatic heterocycles. The van der Waals surface area contributed by atoms with E-state index in [1.165, 1.54) is 17.0 Å². The summed E-state index contributed by atoms with van der Waals surface area (Å²) in [5.41, 5.74) is 1.26. The number of ether oxygens (including phenoxy) is 1. The van der Waals surface area contributed by atoms with Gasteiger partial charge in [-0.2, -0.15) is 0 Å². The van der Waals surface area contributed by atoms with E-state index in [1.807, 2.05) is 58.0 Å². The van der Waals surface area contributed by atoms with Crippen molar-refractivity contribution in [1.29, 1.82) is 0 Å². The molecule has 0 aromatic heterocycles. The van der Waals surface area contributed by atoms with Gasteiger partial charge in [-0.15, -0.1) is 0 Å². The molecule has 0 spiro atoms. The van der Waals surface area contributed by atoms with Crippen molar-refractivity contribution in [3.05, 3.63) is 90.5 Å². The maximum atomic E-state index is 14.1. The summed E-state index contributed by atoms with van der Waals surface area (Å²) in [6, 6.07) is 23.5. The number of hydrogen-bond donors (Lipinski definition) is 1. The van der Waals surface area contributed by atoms with Crippen LogP contribution in [0.5, 0.6) is 5.75 Å². The van der Waals surface area contributed by atoms with E-state index in [2.05, 4.69) is 5.32 Å². The third-order valence-electron chi connectivity index (χ3n) is 6.34. The maximum absolute atomic E-state index is 14.1. The highest BCUT2D eigenvalue weighted by Gasteiger charge is 2.34. The molecule has 0 unspecified atom stereocenters. The molecule has 1 N–H and O–H groups in total. The van der Waals surface area contributed by atoms with Crippen LogP contribution in [0, 0.1) is 0 Å². The predicted octanol–water partition coefficient (Wildman–Crippen LogP) is 4.66. The van der Waals surface area contributed by atoms with E-state index in [4.69, 9.17) is 4.74 Å². The predicted molar refractivity (Wildman–Crippen MR) is 158 cm³/mol. The minimum atomic E-state index is -4.16. The van der Waals surface area contributed by atoms with Gasteiger partial charge in [-0.05, 0) is 63.4 Å². The van der Waals surface area contributed by atoms with Gasteiger partial charge in [0.25, 0.3) is 10.0 Å². The van der Waals surface area contributed by atoms with Gasteiger partial charge >= 0.3 is 0 Å². The van der Waals surface area contributed by atoms with Gasteiger partial charge in [0.1, 0.15) is 18.3 Å². The lowest BCUT2D eigenvalue weighted by Gasteiger charge is -2.34. The molecule has 0 aliphatic carbocycles. The fourth-order valence-electron chi connectivity index (χ4n) is 4.45. The molecule has 214 valence electrons. The van der Waals surface area contributed by atoms with Crippen molar-refractivity contribution in [2.45, 2.75) is 57.5 Å². The zero-order valence-electron chi connectivity index (χ0n) is 23.6. The first-order chi connectivity index (χ1) is 19.2. The average Bonchev–Trinajstić information content (AvgIpc) is 2.95. The van der Waals surface area contributed by atoms with Crippen LogP contribution >= 0.6 is 0 Å². The third-order valence-corrected chi connectivity index (χ3v) is 8.12. The summed E-state index contributed by atoms with van der Waals surface area (Å²) in [7, 11) is -4.16. The Bertz CT molecular complexity index is 1350. The molecule has 0 bridgehead atoms. The van der Waals surface area contributed by atoms with E-state index >= 15 is 0 Å². The zero-order chi connectivity index (χ0) is 29.1. The smallest absolute Gasteiger partial charge is 0.264 e. The molecule has 3 aromatic carbocycles. The van der Waals surface area contributed by atoms with Crippen molar-refractivity contribution in [2.24, 2.45) is 0 Å². The topological polar surface area (TPSA) is 96.0 Å². The Kier molecular flexibility index (Phi) is 11.1. The lowest BCUT2D eigenvalue weighted by atomic mass is 10.1. The molecule has 1 atom stereocenters. The molecule has 0 aliphatic rings. The first-order valence-electron chi connectivity index (χ1n) is 13.6. The van der Waals surface area contributed by atoms with Crippen LogP contribution in [-0.4, -0.2) is 56.9 Å². The number of hydrogen-bond acceptors (Lipinski definition) is 5. The number of para-hydroxylation sites is 2. The Labute approximate surface area is 238 Å². The van der Waals surface area contributed by atoms with Crippen molar-refractivity contribution < 1.29 is 22.7 Å². The Morgan fingerprint density at radius 1 is 0.875 bits per heavy atom. The molecule has 8 nitrogen and oxygen atoms in total. The van der Waals surface area contributed by atoms with E-state index < -0.39 is 28.5 Å². The molecule has 0 saturated carbocycles. The van der Waals surface area contributed by atoms with Crippen LogP contribution in [0.25, 0.3) is 0 Å². The number of carbonyl (C=O) groups is 2. The normalized spacial score (nSPS) is 12.0. The van der Waals surface area contributed by atoms with Crippen LogP contribution in [-0.2, 0) is 26.0 Å². The highest BCUT2D eigenvalue weighted by Crippen LogP contribution is 2.32. The SMILES string of the molecule is CCOc1ccccc1N(CC(=O)N(CCc1ccccc1)[C@@H](CC)C(=O)NC(C)C)S(=O)(=O)c1ccccc1. The van der Waals surface area contributed by atoms with Crippen molar-refractivity contribution in [2.75, 3.05) is 24.0 Å². The Hall–Kier alpha value is -3.85. The largest absolute Gasteiger partial charge is 0.492 e. The molecular formula is C31H39N3O5S. The number of sulfonamides is 1. The van der Waals surface area contributed by atoms with Gasteiger partial charge in [0.15, 0.2) is 0 Å². The van der Waals surface area contributed by atoms with Crippen LogP contribution in [0.2, 0.25) is 0 Å². The van der Waals surface area contributed by atoms with E-state index in [0.717, 1.165) is 9.87 Å². The van der Waals surface area contributed by atoms with E-state index in [0.29, 0.717) is 25.2 Å². The van der Waals surface area contributed by atoms with Crippen molar-refractivity contribution in [3.8, 4) is 5.75 Å². The quantitative estimate of drug-likeness (QED) is 0.307. The molecule has 40 heavy (non-hydrogen) atoms. The highest BCUT2D eigenvalue weighted by atomic mass is 32.2. The van der Waals surface area contributed by atoms with Gasteiger partial charge in [-0.25, -0.2) is 8.42 Å².